The molecule has 1 N–H and O–H groups in total. The molecule has 0 heterocycles. The monoisotopic (exact) mass is 250 g/mol. The van der Waals surface area contributed by atoms with Crippen LogP contribution in [0.1, 0.15) is 19.4 Å². The lowest BCUT2D eigenvalue weighted by atomic mass is 9.70. The van der Waals surface area contributed by atoms with E-state index in [0.29, 0.717) is 11.7 Å². The van der Waals surface area contributed by atoms with Crippen molar-refractivity contribution in [3.05, 3.63) is 66.3 Å². The van der Waals surface area contributed by atoms with Crippen molar-refractivity contribution in [1.29, 1.82) is 0 Å². The van der Waals surface area contributed by atoms with E-state index < -0.39 is 0 Å². The minimum Gasteiger partial charge on any atom is -0.507 e. The summed E-state index contributed by atoms with van der Waals surface area (Å²) in [4.78, 5) is 0. The summed E-state index contributed by atoms with van der Waals surface area (Å²) < 4.78 is 0. The second kappa shape index (κ2) is 4.27. The number of phenolic OH excluding ortho intramolecular Hbond substituents is 1. The minimum absolute atomic E-state index is 0.150. The van der Waals surface area contributed by atoms with Gasteiger partial charge in [0.2, 0.25) is 0 Å². The summed E-state index contributed by atoms with van der Waals surface area (Å²) in [6, 6.07) is 12.1. The van der Waals surface area contributed by atoms with E-state index in [1.165, 1.54) is 0 Å². The summed E-state index contributed by atoms with van der Waals surface area (Å²) in [6.45, 7) is 4.37. The number of fused-ring (bicyclic) bond motifs is 1. The van der Waals surface area contributed by atoms with Crippen molar-refractivity contribution in [2.45, 2.75) is 19.3 Å². The Morgan fingerprint density at radius 3 is 2.63 bits per heavy atom. The Hall–Kier alpha value is -2.02. The fourth-order valence-corrected chi connectivity index (χ4v) is 2.86. The maximum absolute atomic E-state index is 10.6. The van der Waals surface area contributed by atoms with Crippen LogP contribution < -0.4 is 0 Å². The van der Waals surface area contributed by atoms with Crippen LogP contribution in [0.25, 0.3) is 10.8 Å². The summed E-state index contributed by atoms with van der Waals surface area (Å²) in [5.41, 5.74) is 0.849. The summed E-state index contributed by atoms with van der Waals surface area (Å²) in [6.07, 6.45) is 8.51. The number of hydrogen-bond acceptors (Lipinski definition) is 1. The lowest BCUT2D eigenvalue weighted by molar-refractivity contribution is 0.415. The molecule has 2 unspecified atom stereocenters. The normalized spacial score (nSPS) is 25.9. The van der Waals surface area contributed by atoms with Crippen LogP contribution in [0.5, 0.6) is 5.75 Å². The Morgan fingerprint density at radius 2 is 1.84 bits per heavy atom. The van der Waals surface area contributed by atoms with E-state index in [2.05, 4.69) is 50.3 Å². The van der Waals surface area contributed by atoms with Gasteiger partial charge in [0.1, 0.15) is 5.75 Å². The Labute approximate surface area is 113 Å². The number of aromatic hydroxyl groups is 1. The van der Waals surface area contributed by atoms with Crippen LogP contribution in [0.2, 0.25) is 0 Å². The molecule has 1 aliphatic rings. The molecule has 0 bridgehead atoms. The second-order valence-electron chi connectivity index (χ2n) is 5.50. The molecular formula is C18H18O. The van der Waals surface area contributed by atoms with E-state index in [9.17, 15) is 5.11 Å². The SMILES string of the molecule is CC1C=CC=CC1(C)c1ccc2ccccc2c1O. The van der Waals surface area contributed by atoms with Gasteiger partial charge in [-0.15, -0.1) is 0 Å². The molecule has 1 heteroatoms. The minimum atomic E-state index is -0.150. The van der Waals surface area contributed by atoms with Gasteiger partial charge < -0.3 is 5.11 Å². The molecule has 0 aromatic heterocycles. The Balaban J connectivity index is 2.23. The van der Waals surface area contributed by atoms with E-state index in [1.807, 2.05) is 24.3 Å². The standard InChI is InChI=1S/C18H18O/c1-13-7-5-6-12-18(13,2)16-11-10-14-8-3-4-9-15(14)17(16)19/h3-13,19H,1-2H3. The van der Waals surface area contributed by atoms with Gasteiger partial charge in [0.05, 0.1) is 0 Å². The number of phenols is 1. The molecule has 3 rings (SSSR count). The molecule has 0 saturated carbocycles. The molecule has 96 valence electrons. The van der Waals surface area contributed by atoms with Crippen molar-refractivity contribution in [1.82, 2.24) is 0 Å². The zero-order valence-corrected chi connectivity index (χ0v) is 11.3. The van der Waals surface area contributed by atoms with Crippen LogP contribution in [0, 0.1) is 5.92 Å². The van der Waals surface area contributed by atoms with Crippen molar-refractivity contribution in [2.24, 2.45) is 5.92 Å². The molecular weight excluding hydrogens is 232 g/mol. The summed E-state index contributed by atoms with van der Waals surface area (Å²) >= 11 is 0. The average Bonchev–Trinajstić information content (AvgIpc) is 2.43. The van der Waals surface area contributed by atoms with Gasteiger partial charge in [0.15, 0.2) is 0 Å². The first-order valence-corrected chi connectivity index (χ1v) is 6.70. The molecule has 2 atom stereocenters. The molecule has 1 nitrogen and oxygen atoms in total. The first-order chi connectivity index (χ1) is 9.13. The highest BCUT2D eigenvalue weighted by atomic mass is 16.3. The molecule has 0 aliphatic heterocycles. The molecule has 1 aliphatic carbocycles. The summed E-state index contributed by atoms with van der Waals surface area (Å²) in [5, 5.41) is 12.6. The smallest absolute Gasteiger partial charge is 0.127 e. The number of rotatable bonds is 1. The zero-order valence-electron chi connectivity index (χ0n) is 11.3. The third kappa shape index (κ3) is 1.77. The van der Waals surface area contributed by atoms with Gasteiger partial charge in [-0.3, -0.25) is 0 Å². The maximum Gasteiger partial charge on any atom is 0.127 e. The Bertz CT molecular complexity index is 681. The molecule has 0 spiro atoms. The van der Waals surface area contributed by atoms with Gasteiger partial charge in [-0.1, -0.05) is 74.5 Å². The molecule has 2 aromatic rings. The topological polar surface area (TPSA) is 20.2 Å². The lowest BCUT2D eigenvalue weighted by Gasteiger charge is -2.34. The Kier molecular flexibility index (Phi) is 2.70. The number of hydrogen-bond donors (Lipinski definition) is 1. The van der Waals surface area contributed by atoms with Crippen LogP contribution in [0.4, 0.5) is 0 Å². The van der Waals surface area contributed by atoms with E-state index in [4.69, 9.17) is 0 Å². The highest BCUT2D eigenvalue weighted by molar-refractivity contribution is 5.89. The molecule has 19 heavy (non-hydrogen) atoms. The lowest BCUT2D eigenvalue weighted by Crippen LogP contribution is -2.28. The molecule has 0 amide bonds. The summed E-state index contributed by atoms with van der Waals surface area (Å²) in [7, 11) is 0. The van der Waals surface area contributed by atoms with Gasteiger partial charge in [0, 0.05) is 16.4 Å². The first kappa shape index (κ1) is 12.0. The zero-order chi connectivity index (χ0) is 13.5. The van der Waals surface area contributed by atoms with Crippen molar-refractivity contribution < 1.29 is 5.11 Å². The van der Waals surface area contributed by atoms with Crippen LogP contribution >= 0.6 is 0 Å². The number of benzene rings is 2. The molecule has 0 fully saturated rings. The predicted octanol–water partition coefficient (Wildman–Crippen LogP) is 4.57. The van der Waals surface area contributed by atoms with Crippen molar-refractivity contribution >= 4 is 10.8 Å². The maximum atomic E-state index is 10.6. The van der Waals surface area contributed by atoms with Gasteiger partial charge in [0.25, 0.3) is 0 Å². The van der Waals surface area contributed by atoms with Crippen LogP contribution in [0.15, 0.2) is 60.7 Å². The molecule has 0 saturated heterocycles. The van der Waals surface area contributed by atoms with E-state index in [0.717, 1.165) is 16.3 Å². The quantitative estimate of drug-likeness (QED) is 0.786. The Morgan fingerprint density at radius 1 is 1.05 bits per heavy atom. The van der Waals surface area contributed by atoms with Gasteiger partial charge >= 0.3 is 0 Å². The van der Waals surface area contributed by atoms with E-state index in [1.54, 1.807) is 0 Å². The second-order valence-corrected chi connectivity index (χ2v) is 5.50. The third-order valence-corrected chi connectivity index (χ3v) is 4.38. The van der Waals surface area contributed by atoms with Crippen molar-refractivity contribution in [3.63, 3.8) is 0 Å². The largest absolute Gasteiger partial charge is 0.507 e. The van der Waals surface area contributed by atoms with Gasteiger partial charge in [-0.25, -0.2) is 0 Å². The predicted molar refractivity (Wildman–Crippen MR) is 80.4 cm³/mol. The highest BCUT2D eigenvalue weighted by Gasteiger charge is 2.33. The number of allylic oxidation sites excluding steroid dienone is 4. The van der Waals surface area contributed by atoms with Gasteiger partial charge in [-0.05, 0) is 11.3 Å². The highest BCUT2D eigenvalue weighted by Crippen LogP contribution is 2.43. The van der Waals surface area contributed by atoms with E-state index >= 15 is 0 Å². The van der Waals surface area contributed by atoms with E-state index in [-0.39, 0.29) is 5.41 Å². The van der Waals surface area contributed by atoms with Crippen molar-refractivity contribution in [2.75, 3.05) is 0 Å². The van der Waals surface area contributed by atoms with Crippen LogP contribution in [0.3, 0.4) is 0 Å². The van der Waals surface area contributed by atoms with Crippen LogP contribution in [-0.2, 0) is 5.41 Å². The summed E-state index contributed by atoms with van der Waals surface area (Å²) in [5.74, 6) is 0.775. The third-order valence-electron chi connectivity index (χ3n) is 4.38. The fourth-order valence-electron chi connectivity index (χ4n) is 2.86. The van der Waals surface area contributed by atoms with Gasteiger partial charge in [-0.2, -0.15) is 0 Å². The molecule has 0 radical (unpaired) electrons. The first-order valence-electron chi connectivity index (χ1n) is 6.70. The average molecular weight is 250 g/mol. The van der Waals surface area contributed by atoms with Crippen LogP contribution in [-0.4, -0.2) is 5.11 Å². The van der Waals surface area contributed by atoms with Crippen molar-refractivity contribution in [3.8, 4) is 5.75 Å². The fraction of sp³-hybridized carbons (Fsp3) is 0.222. The molecule has 2 aromatic carbocycles.